The van der Waals surface area contributed by atoms with Crippen molar-refractivity contribution in [2.24, 2.45) is 5.41 Å². The summed E-state index contributed by atoms with van der Waals surface area (Å²) in [6.07, 6.45) is 14.4. The molecule has 0 aliphatic heterocycles. The Bertz CT molecular complexity index is 252. The van der Waals surface area contributed by atoms with E-state index in [1.54, 1.807) is 0 Å². The molecular formula is C18H36N2. The lowest BCUT2D eigenvalue weighted by atomic mass is 9.83. The molecule has 1 N–H and O–H groups in total. The molecule has 2 saturated carbocycles. The molecule has 0 radical (unpaired) electrons. The van der Waals surface area contributed by atoms with Gasteiger partial charge < -0.3 is 10.2 Å². The average Bonchev–Trinajstić information content (AvgIpc) is 2.95. The molecule has 2 nitrogen and oxygen atoms in total. The van der Waals surface area contributed by atoms with E-state index < -0.39 is 0 Å². The van der Waals surface area contributed by atoms with E-state index in [0.29, 0.717) is 5.41 Å². The Kier molecular flexibility index (Phi) is 6.83. The highest BCUT2D eigenvalue weighted by Gasteiger charge is 2.36. The fourth-order valence-corrected chi connectivity index (χ4v) is 4.42. The SMILES string of the molecule is CCCNCC1(CN(CC)C2CCCCC2)CCCC1. The molecule has 0 aromatic carbocycles. The average molecular weight is 280 g/mol. The third-order valence-corrected chi connectivity index (χ3v) is 5.63. The highest BCUT2D eigenvalue weighted by Crippen LogP contribution is 2.39. The Labute approximate surface area is 126 Å². The van der Waals surface area contributed by atoms with Crippen molar-refractivity contribution in [3.63, 3.8) is 0 Å². The molecule has 0 spiro atoms. The third kappa shape index (κ3) is 4.46. The quantitative estimate of drug-likeness (QED) is 0.670. The second-order valence-corrected chi connectivity index (χ2v) is 7.24. The maximum Gasteiger partial charge on any atom is 0.00953 e. The van der Waals surface area contributed by atoms with Crippen molar-refractivity contribution in [3.8, 4) is 0 Å². The molecule has 2 fully saturated rings. The maximum absolute atomic E-state index is 3.72. The summed E-state index contributed by atoms with van der Waals surface area (Å²) in [4.78, 5) is 2.83. The van der Waals surface area contributed by atoms with Crippen molar-refractivity contribution in [2.45, 2.75) is 84.1 Å². The lowest BCUT2D eigenvalue weighted by Crippen LogP contribution is -2.47. The van der Waals surface area contributed by atoms with E-state index in [0.717, 1.165) is 6.04 Å². The number of nitrogens with one attached hydrogen (secondary N) is 1. The second kappa shape index (κ2) is 8.38. The van der Waals surface area contributed by atoms with Crippen LogP contribution in [0, 0.1) is 5.41 Å². The highest BCUT2D eigenvalue weighted by molar-refractivity contribution is 4.91. The van der Waals surface area contributed by atoms with Crippen LogP contribution in [0.2, 0.25) is 0 Å². The summed E-state index contributed by atoms with van der Waals surface area (Å²) in [5.74, 6) is 0. The summed E-state index contributed by atoms with van der Waals surface area (Å²) in [6.45, 7) is 9.69. The van der Waals surface area contributed by atoms with E-state index in [4.69, 9.17) is 0 Å². The summed E-state index contributed by atoms with van der Waals surface area (Å²) in [6, 6.07) is 0.886. The van der Waals surface area contributed by atoms with Crippen LogP contribution in [0.25, 0.3) is 0 Å². The van der Waals surface area contributed by atoms with Gasteiger partial charge in [0.2, 0.25) is 0 Å². The normalized spacial score (nSPS) is 23.6. The van der Waals surface area contributed by atoms with Gasteiger partial charge in [-0.05, 0) is 50.6 Å². The summed E-state index contributed by atoms with van der Waals surface area (Å²) < 4.78 is 0. The molecule has 2 aliphatic carbocycles. The topological polar surface area (TPSA) is 15.3 Å². The Morgan fingerprint density at radius 1 is 1.00 bits per heavy atom. The van der Waals surface area contributed by atoms with Gasteiger partial charge in [-0.2, -0.15) is 0 Å². The summed E-state index contributed by atoms with van der Waals surface area (Å²) in [5, 5.41) is 3.72. The minimum Gasteiger partial charge on any atom is -0.316 e. The number of nitrogens with zero attached hydrogens (tertiary/aromatic N) is 1. The smallest absolute Gasteiger partial charge is 0.00953 e. The Morgan fingerprint density at radius 2 is 1.70 bits per heavy atom. The zero-order chi connectivity index (χ0) is 14.3. The van der Waals surface area contributed by atoms with Gasteiger partial charge in [-0.1, -0.05) is 46.0 Å². The molecular weight excluding hydrogens is 244 g/mol. The number of rotatable bonds is 8. The predicted molar refractivity (Wildman–Crippen MR) is 88.2 cm³/mol. The van der Waals surface area contributed by atoms with Crippen LogP contribution in [0.5, 0.6) is 0 Å². The molecule has 0 unspecified atom stereocenters. The zero-order valence-electron chi connectivity index (χ0n) is 13.9. The van der Waals surface area contributed by atoms with Gasteiger partial charge in [0.1, 0.15) is 0 Å². The van der Waals surface area contributed by atoms with Crippen LogP contribution in [0.1, 0.15) is 78.1 Å². The molecule has 2 rings (SSSR count). The van der Waals surface area contributed by atoms with Crippen molar-refractivity contribution >= 4 is 0 Å². The van der Waals surface area contributed by atoms with Crippen molar-refractivity contribution < 1.29 is 0 Å². The minimum atomic E-state index is 0.586. The van der Waals surface area contributed by atoms with Crippen molar-refractivity contribution in [1.29, 1.82) is 0 Å². The van der Waals surface area contributed by atoms with Crippen molar-refractivity contribution in [2.75, 3.05) is 26.2 Å². The van der Waals surface area contributed by atoms with Crippen LogP contribution < -0.4 is 5.32 Å². The largest absolute Gasteiger partial charge is 0.316 e. The monoisotopic (exact) mass is 280 g/mol. The molecule has 0 amide bonds. The first kappa shape index (κ1) is 16.3. The van der Waals surface area contributed by atoms with Gasteiger partial charge in [-0.15, -0.1) is 0 Å². The first-order chi connectivity index (χ1) is 9.79. The molecule has 2 aliphatic rings. The highest BCUT2D eigenvalue weighted by atomic mass is 15.2. The molecule has 20 heavy (non-hydrogen) atoms. The summed E-state index contributed by atoms with van der Waals surface area (Å²) in [5.41, 5.74) is 0.586. The maximum atomic E-state index is 3.72. The second-order valence-electron chi connectivity index (χ2n) is 7.24. The van der Waals surface area contributed by atoms with Gasteiger partial charge in [0.25, 0.3) is 0 Å². The van der Waals surface area contributed by atoms with E-state index in [1.807, 2.05) is 0 Å². The van der Waals surface area contributed by atoms with Crippen LogP contribution in [-0.2, 0) is 0 Å². The van der Waals surface area contributed by atoms with Crippen LogP contribution in [0.3, 0.4) is 0 Å². The van der Waals surface area contributed by atoms with Crippen LogP contribution in [-0.4, -0.2) is 37.1 Å². The molecule has 0 atom stereocenters. The first-order valence-corrected chi connectivity index (χ1v) is 9.24. The fourth-order valence-electron chi connectivity index (χ4n) is 4.42. The first-order valence-electron chi connectivity index (χ1n) is 9.24. The molecule has 0 aromatic heterocycles. The Balaban J connectivity index is 1.90. The van der Waals surface area contributed by atoms with Crippen LogP contribution >= 0.6 is 0 Å². The van der Waals surface area contributed by atoms with Crippen molar-refractivity contribution in [1.82, 2.24) is 10.2 Å². The predicted octanol–water partition coefficient (Wildman–Crippen LogP) is 4.20. The van der Waals surface area contributed by atoms with Gasteiger partial charge in [0.05, 0.1) is 0 Å². The molecule has 0 heterocycles. The van der Waals surface area contributed by atoms with Gasteiger partial charge in [0, 0.05) is 19.1 Å². The lowest BCUT2D eigenvalue weighted by Gasteiger charge is -2.40. The van der Waals surface area contributed by atoms with E-state index >= 15 is 0 Å². The number of hydrogen-bond acceptors (Lipinski definition) is 2. The Morgan fingerprint density at radius 3 is 2.30 bits per heavy atom. The van der Waals surface area contributed by atoms with Crippen LogP contribution in [0.15, 0.2) is 0 Å². The molecule has 2 heteroatoms. The van der Waals surface area contributed by atoms with Crippen molar-refractivity contribution in [3.05, 3.63) is 0 Å². The third-order valence-electron chi connectivity index (χ3n) is 5.63. The van der Waals surface area contributed by atoms with E-state index in [9.17, 15) is 0 Å². The van der Waals surface area contributed by atoms with E-state index in [1.165, 1.54) is 90.4 Å². The molecule has 0 bridgehead atoms. The summed E-state index contributed by atoms with van der Waals surface area (Å²) >= 11 is 0. The van der Waals surface area contributed by atoms with Crippen LogP contribution in [0.4, 0.5) is 0 Å². The van der Waals surface area contributed by atoms with Gasteiger partial charge in [-0.3, -0.25) is 0 Å². The molecule has 118 valence electrons. The molecule has 0 saturated heterocycles. The van der Waals surface area contributed by atoms with E-state index in [-0.39, 0.29) is 0 Å². The fraction of sp³-hybridized carbons (Fsp3) is 1.00. The Hall–Kier alpha value is -0.0800. The van der Waals surface area contributed by atoms with Gasteiger partial charge in [0.15, 0.2) is 0 Å². The van der Waals surface area contributed by atoms with Gasteiger partial charge in [-0.25, -0.2) is 0 Å². The standard InChI is InChI=1S/C18H36N2/c1-3-14-19-15-18(12-8-9-13-18)16-20(4-2)17-10-6-5-7-11-17/h17,19H,3-16H2,1-2H3. The minimum absolute atomic E-state index is 0.586. The summed E-state index contributed by atoms with van der Waals surface area (Å²) in [7, 11) is 0. The number of hydrogen-bond donors (Lipinski definition) is 1. The van der Waals surface area contributed by atoms with E-state index in [2.05, 4.69) is 24.1 Å². The van der Waals surface area contributed by atoms with Gasteiger partial charge >= 0.3 is 0 Å². The lowest BCUT2D eigenvalue weighted by molar-refractivity contribution is 0.0933. The zero-order valence-corrected chi connectivity index (χ0v) is 13.9. The molecule has 0 aromatic rings.